The van der Waals surface area contributed by atoms with Crippen LogP contribution in [-0.4, -0.2) is 255 Å². The van der Waals surface area contributed by atoms with Crippen LogP contribution < -0.4 is 0 Å². The quantitative estimate of drug-likeness (QED) is 0.0296. The van der Waals surface area contributed by atoms with E-state index in [1.165, 1.54) is 0 Å². The third-order valence-corrected chi connectivity index (χ3v) is 20.8. The summed E-state index contributed by atoms with van der Waals surface area (Å²) in [6, 6.07) is 0. The highest BCUT2D eigenvalue weighted by Crippen LogP contribution is 2.76. The molecule has 8 aliphatic rings. The molecule has 16 N–H and O–H groups in total. The van der Waals surface area contributed by atoms with Gasteiger partial charge >= 0.3 is 0 Å². The van der Waals surface area contributed by atoms with Gasteiger partial charge in [0.05, 0.1) is 50.3 Å². The molecule has 452 valence electrons. The summed E-state index contributed by atoms with van der Waals surface area (Å²) in [6.07, 6.45) is -31.7. The molecule has 78 heavy (non-hydrogen) atoms. The lowest BCUT2D eigenvalue weighted by Crippen LogP contribution is -2.70. The fourth-order valence-electron chi connectivity index (χ4n) is 16.3. The molecule has 0 radical (unpaired) electrons. The first-order valence-electron chi connectivity index (χ1n) is 27.7. The predicted octanol–water partition coefficient (Wildman–Crippen LogP) is -3.12. The molecule has 31 atom stereocenters. The number of hydrogen-bond donors (Lipinski definition) is 16. The van der Waals surface area contributed by atoms with E-state index in [1.54, 1.807) is 6.92 Å². The Labute approximate surface area is 454 Å². The number of hydrogen-bond acceptors (Lipinski definition) is 25. The van der Waals surface area contributed by atoms with Crippen LogP contribution in [0.4, 0.5) is 0 Å². The Hall–Kier alpha value is -1.26. The van der Waals surface area contributed by atoms with Crippen molar-refractivity contribution in [3.8, 4) is 0 Å². The van der Waals surface area contributed by atoms with E-state index in [2.05, 4.69) is 27.4 Å². The Morgan fingerprint density at radius 3 is 1.81 bits per heavy atom. The van der Waals surface area contributed by atoms with E-state index in [-0.39, 0.29) is 37.7 Å². The topological polar surface area (TPSA) is 407 Å². The van der Waals surface area contributed by atoms with E-state index >= 15 is 0 Å². The molecule has 4 aliphatic carbocycles. The first-order valence-corrected chi connectivity index (χ1v) is 27.7. The van der Waals surface area contributed by atoms with Crippen molar-refractivity contribution in [1.29, 1.82) is 0 Å². The van der Waals surface area contributed by atoms with E-state index < -0.39 is 200 Å². The molecule has 0 aromatic rings. The van der Waals surface area contributed by atoms with Crippen LogP contribution in [0.15, 0.2) is 12.2 Å². The third-order valence-electron chi connectivity index (χ3n) is 20.8. The molecule has 3 unspecified atom stereocenters. The van der Waals surface area contributed by atoms with Crippen molar-refractivity contribution >= 4 is 0 Å². The molecule has 4 heterocycles. The van der Waals surface area contributed by atoms with E-state index in [4.69, 9.17) is 42.8 Å². The zero-order valence-electron chi connectivity index (χ0n) is 45.6. The number of aliphatic hydroxyl groups is 15. The first kappa shape index (κ1) is 62.8. The fraction of sp³-hybridized carbons (Fsp3) is 0.962. The van der Waals surface area contributed by atoms with Crippen LogP contribution in [0.1, 0.15) is 99.8 Å². The first-order chi connectivity index (χ1) is 36.5. The zero-order chi connectivity index (χ0) is 57.5. The largest absolute Gasteiger partial charge is 0.394 e. The van der Waals surface area contributed by atoms with Gasteiger partial charge in [-0.2, -0.15) is 0 Å². The summed E-state index contributed by atoms with van der Waals surface area (Å²) in [4.78, 5) is 4.83. The maximum atomic E-state index is 12.9. The summed E-state index contributed by atoms with van der Waals surface area (Å²) < 4.78 is 48.3. The Bertz CT molecular complexity index is 2020. The van der Waals surface area contributed by atoms with Gasteiger partial charge in [0, 0.05) is 0 Å². The van der Waals surface area contributed by atoms with Crippen molar-refractivity contribution in [1.82, 2.24) is 0 Å². The van der Waals surface area contributed by atoms with Crippen LogP contribution in [0.25, 0.3) is 0 Å². The van der Waals surface area contributed by atoms with Crippen molar-refractivity contribution in [2.45, 2.75) is 247 Å². The van der Waals surface area contributed by atoms with Crippen molar-refractivity contribution in [3.05, 3.63) is 12.2 Å². The molecule has 4 saturated heterocycles. The van der Waals surface area contributed by atoms with Gasteiger partial charge in [0.15, 0.2) is 25.2 Å². The zero-order valence-corrected chi connectivity index (χ0v) is 45.6. The monoisotopic (exact) mass is 1130 g/mol. The van der Waals surface area contributed by atoms with Gasteiger partial charge < -0.3 is 114 Å². The molecule has 4 saturated carbocycles. The number of rotatable bonds is 17. The highest BCUT2D eigenvalue weighted by molar-refractivity contribution is 5.21. The van der Waals surface area contributed by atoms with Gasteiger partial charge in [-0.05, 0) is 116 Å². The Morgan fingerprint density at radius 1 is 0.628 bits per heavy atom. The molecule has 0 aromatic carbocycles. The Balaban J connectivity index is 1.04. The molecular formula is C53H90O25. The second-order valence-corrected chi connectivity index (χ2v) is 25.6. The van der Waals surface area contributed by atoms with Gasteiger partial charge in [0.1, 0.15) is 97.7 Å². The van der Waals surface area contributed by atoms with Crippen molar-refractivity contribution in [2.24, 2.45) is 45.3 Å². The standard InChI is InChI=1S/C53H90O25/c1-21(2)26(78-69)10-14-53(8,77-47-42(68)38(64)36(62)29(74-47)20-71-45-40(66)33(59)25(58)19-70-45)22-9-12-52(7)32(22)23(56)15-31-50(5)16-24(57)44(49(3,4)30(50)11-13-51(31,52)6)76-48-43(39(65)35(61)28(18-55)73-48)75-46-41(67)37(63)34(60)27(17-54)72-46/h22-48,54-69H,1,9-20H2,2-8H3/t22-,23+,24+,25+,26?,27+,28+,29+,30?,31?,32-,33-,34+,35+,36+,37-,38-,39-,40+,41+,42+,43+,44-,45-,46-,47-,48-,50-,51+,52+,53-/m0/s1. The number of aliphatic hydroxyl groups excluding tert-OH is 15. The molecular weight excluding hydrogens is 1040 g/mol. The average molecular weight is 1130 g/mol. The lowest BCUT2D eigenvalue weighted by Gasteiger charge is -2.71. The summed E-state index contributed by atoms with van der Waals surface area (Å²) in [5.74, 6) is -1.24. The minimum Gasteiger partial charge on any atom is -0.394 e. The van der Waals surface area contributed by atoms with Crippen molar-refractivity contribution < 1.29 is 125 Å². The van der Waals surface area contributed by atoms with E-state index in [0.29, 0.717) is 37.7 Å². The van der Waals surface area contributed by atoms with Gasteiger partial charge in [0.25, 0.3) is 0 Å². The molecule has 0 aromatic heterocycles. The van der Waals surface area contributed by atoms with E-state index in [9.17, 15) is 81.9 Å². The van der Waals surface area contributed by atoms with Gasteiger partial charge in [-0.15, -0.1) is 0 Å². The van der Waals surface area contributed by atoms with Crippen LogP contribution in [0.5, 0.6) is 0 Å². The average Bonchev–Trinajstić information content (AvgIpc) is 3.42. The van der Waals surface area contributed by atoms with Gasteiger partial charge in [-0.25, -0.2) is 4.89 Å². The van der Waals surface area contributed by atoms with Crippen LogP contribution in [-0.2, 0) is 42.8 Å². The lowest BCUT2D eigenvalue weighted by atomic mass is 9.35. The Kier molecular flexibility index (Phi) is 19.0. The second kappa shape index (κ2) is 23.7. The summed E-state index contributed by atoms with van der Waals surface area (Å²) in [5, 5.41) is 174. The SMILES string of the molecule is C=C(C)C(CC[C@](C)(O[C@@H]1O[C@H](CO[C@@H]2OC[C@@H](O)[C@H](O)[C@H]2O)[C@@H](O)[C@H](O)[C@H]1O)[C@H]1CC[C@]2(C)[C@@H]1[C@H](O)CC1[C@@]3(C)C[C@@H](O)[C@H](O[C@@H]4O[C@H](CO)[C@@H](O)[C@H](O)[C@H]4O[C@@H]4O[C@H](CO)[C@@H](O)[C@H](O)[C@H]4O)C(C)(C)C3CC[C@]12C)OO. The third kappa shape index (κ3) is 10.8. The number of ether oxygens (including phenoxy) is 8. The molecule has 8 rings (SSSR count). The van der Waals surface area contributed by atoms with E-state index in [1.807, 2.05) is 20.8 Å². The second-order valence-electron chi connectivity index (χ2n) is 25.6. The molecule has 0 spiro atoms. The van der Waals surface area contributed by atoms with Crippen LogP contribution in [0.2, 0.25) is 0 Å². The van der Waals surface area contributed by atoms with Crippen molar-refractivity contribution in [2.75, 3.05) is 26.4 Å². The summed E-state index contributed by atoms with van der Waals surface area (Å²) in [5.41, 5.74) is -3.34. The molecule has 4 aliphatic heterocycles. The molecule has 25 heteroatoms. The summed E-state index contributed by atoms with van der Waals surface area (Å²) in [7, 11) is 0. The number of fused-ring (bicyclic) bond motifs is 5. The fourth-order valence-corrected chi connectivity index (χ4v) is 16.3. The normalized spacial score (nSPS) is 52.6. The molecule has 8 fully saturated rings. The van der Waals surface area contributed by atoms with Crippen LogP contribution in [0, 0.1) is 45.3 Å². The van der Waals surface area contributed by atoms with Gasteiger partial charge in [0.2, 0.25) is 0 Å². The molecule has 0 amide bonds. The van der Waals surface area contributed by atoms with Gasteiger partial charge in [-0.3, -0.25) is 5.26 Å². The highest BCUT2D eigenvalue weighted by Gasteiger charge is 2.73. The van der Waals surface area contributed by atoms with Crippen LogP contribution in [0.3, 0.4) is 0 Å². The lowest BCUT2D eigenvalue weighted by molar-refractivity contribution is -0.383. The maximum Gasteiger partial charge on any atom is 0.187 e. The summed E-state index contributed by atoms with van der Waals surface area (Å²) >= 11 is 0. The van der Waals surface area contributed by atoms with E-state index in [0.717, 1.165) is 0 Å². The minimum absolute atomic E-state index is 0.166. The van der Waals surface area contributed by atoms with Gasteiger partial charge in [-0.1, -0.05) is 41.2 Å². The molecule has 0 bridgehead atoms. The maximum absolute atomic E-state index is 12.9. The summed E-state index contributed by atoms with van der Waals surface area (Å²) in [6.45, 7) is 15.6. The minimum atomic E-state index is -1.88. The van der Waals surface area contributed by atoms with Crippen LogP contribution >= 0.6 is 0 Å². The Morgan fingerprint density at radius 2 is 1.19 bits per heavy atom. The van der Waals surface area contributed by atoms with Crippen molar-refractivity contribution in [3.63, 3.8) is 0 Å². The highest BCUT2D eigenvalue weighted by atomic mass is 17.1. The smallest absolute Gasteiger partial charge is 0.187 e. The predicted molar refractivity (Wildman–Crippen MR) is 264 cm³/mol. The molecule has 25 nitrogen and oxygen atoms in total.